The van der Waals surface area contributed by atoms with Gasteiger partial charge in [0.25, 0.3) is 0 Å². The van der Waals surface area contributed by atoms with Crippen LogP contribution in [0.25, 0.3) is 0 Å². The number of carbonyl (C=O) groups is 2. The van der Waals surface area contributed by atoms with Gasteiger partial charge in [-0.15, -0.1) is 0 Å². The van der Waals surface area contributed by atoms with Crippen LogP contribution in [0.2, 0.25) is 0 Å². The van der Waals surface area contributed by atoms with Gasteiger partial charge in [-0.3, -0.25) is 9.59 Å². The van der Waals surface area contributed by atoms with E-state index < -0.39 is 18.0 Å². The van der Waals surface area contributed by atoms with Gasteiger partial charge in [-0.25, -0.2) is 0 Å². The number of rotatable bonds is 14. The summed E-state index contributed by atoms with van der Waals surface area (Å²) in [5.41, 5.74) is 5.00. The van der Waals surface area contributed by atoms with E-state index in [1.54, 1.807) is 0 Å². The predicted octanol–water partition coefficient (Wildman–Crippen LogP) is 1.40. The third-order valence-corrected chi connectivity index (χ3v) is 3.59. The molecule has 0 aromatic rings. The molecular formula is C18H36NNaO4. The van der Waals surface area contributed by atoms with Crippen molar-refractivity contribution in [1.29, 1.82) is 0 Å². The molecule has 0 heterocycles. The molecule has 0 fully saturated rings. The average Bonchev–Trinajstić information content (AvgIpc) is 2.51. The number of carboxylic acids is 2. The van der Waals surface area contributed by atoms with E-state index in [9.17, 15) is 9.59 Å². The maximum Gasteiger partial charge on any atom is 1.00 e. The largest absolute Gasteiger partial charge is 1.00 e. The number of aliphatic carboxylic acids is 2. The maximum atomic E-state index is 9.99. The van der Waals surface area contributed by atoms with Crippen molar-refractivity contribution in [3.63, 3.8) is 0 Å². The molecule has 0 saturated carbocycles. The second-order valence-electron chi connectivity index (χ2n) is 5.91. The van der Waals surface area contributed by atoms with E-state index in [1.165, 1.54) is 64.2 Å². The van der Waals surface area contributed by atoms with Crippen LogP contribution in [-0.2, 0) is 9.59 Å². The molecule has 0 aliphatic carbocycles. The zero-order chi connectivity index (χ0) is 17.9. The molecule has 0 bridgehead atoms. The quantitative estimate of drug-likeness (QED) is 0.249. The third kappa shape index (κ3) is 26.8. The van der Waals surface area contributed by atoms with E-state index in [0.29, 0.717) is 0 Å². The Hall–Kier alpha value is -0.100. The zero-order valence-electron chi connectivity index (χ0n) is 15.8. The minimum Gasteiger partial charge on any atom is -0.481 e. The minimum absolute atomic E-state index is 0. The van der Waals surface area contributed by atoms with Crippen LogP contribution in [0.5, 0.6) is 0 Å². The first-order valence-electron chi connectivity index (χ1n) is 8.95. The summed E-state index contributed by atoms with van der Waals surface area (Å²) in [4.78, 5) is 19.9. The van der Waals surface area contributed by atoms with Crippen molar-refractivity contribution in [3.05, 3.63) is 6.92 Å². The summed E-state index contributed by atoms with van der Waals surface area (Å²) >= 11 is 0. The van der Waals surface area contributed by atoms with E-state index in [0.717, 1.165) is 6.42 Å². The number of hydrogen-bond donors (Lipinski definition) is 3. The van der Waals surface area contributed by atoms with E-state index in [-0.39, 0.29) is 42.4 Å². The van der Waals surface area contributed by atoms with Crippen molar-refractivity contribution in [2.75, 3.05) is 0 Å². The Morgan fingerprint density at radius 3 is 1.67 bits per heavy atom. The molecule has 1 atom stereocenters. The summed E-state index contributed by atoms with van der Waals surface area (Å²) in [5, 5.41) is 16.3. The van der Waals surface area contributed by atoms with Crippen LogP contribution in [0.4, 0.5) is 0 Å². The average molecular weight is 353 g/mol. The van der Waals surface area contributed by atoms with Crippen molar-refractivity contribution in [1.82, 2.24) is 0 Å². The van der Waals surface area contributed by atoms with Gasteiger partial charge in [0.1, 0.15) is 6.04 Å². The van der Waals surface area contributed by atoms with E-state index >= 15 is 0 Å². The zero-order valence-corrected chi connectivity index (χ0v) is 17.8. The normalized spacial score (nSPS) is 11.0. The van der Waals surface area contributed by atoms with Gasteiger partial charge in [-0.2, -0.15) is 6.42 Å². The van der Waals surface area contributed by atoms with Crippen molar-refractivity contribution in [2.45, 2.75) is 96.4 Å². The van der Waals surface area contributed by atoms with Gasteiger partial charge in [0.05, 0.1) is 0 Å². The summed E-state index contributed by atoms with van der Waals surface area (Å²) < 4.78 is 0. The molecule has 0 aromatic carbocycles. The summed E-state index contributed by atoms with van der Waals surface area (Å²) in [7, 11) is 0. The molecular weight excluding hydrogens is 317 g/mol. The first kappa shape index (κ1) is 28.7. The topological polar surface area (TPSA) is 101 Å². The molecule has 0 amide bonds. The van der Waals surface area contributed by atoms with Gasteiger partial charge in [-0.05, 0) is 6.42 Å². The summed E-state index contributed by atoms with van der Waals surface area (Å²) in [5.74, 6) is -2.20. The molecule has 0 aliphatic rings. The van der Waals surface area contributed by atoms with Crippen LogP contribution >= 0.6 is 0 Å². The first-order valence-corrected chi connectivity index (χ1v) is 8.95. The van der Waals surface area contributed by atoms with Gasteiger partial charge in [-0.1, -0.05) is 71.1 Å². The van der Waals surface area contributed by atoms with E-state index in [1.807, 2.05) is 0 Å². The first-order chi connectivity index (χ1) is 11.0. The van der Waals surface area contributed by atoms with Gasteiger partial charge in [0.2, 0.25) is 0 Å². The molecule has 0 aliphatic heterocycles. The molecule has 24 heavy (non-hydrogen) atoms. The fourth-order valence-electron chi connectivity index (χ4n) is 2.07. The fourth-order valence-corrected chi connectivity index (χ4v) is 2.07. The van der Waals surface area contributed by atoms with Gasteiger partial charge in [0, 0.05) is 6.42 Å². The number of unbranched alkanes of at least 4 members (excludes halogenated alkanes) is 10. The standard InChI is InChI=1S/C13H27.C5H9NO4.Na/c1-3-5-7-9-11-13-12-10-8-6-4-2;6-3(5(9)10)1-2-4(7)8;/h1,3-13H2,2H3;3H,1-2,6H2,(H,7,8)(H,9,10);/q-1;;+1. The third-order valence-electron chi connectivity index (χ3n) is 3.59. The van der Waals surface area contributed by atoms with E-state index in [4.69, 9.17) is 15.9 Å². The molecule has 1 unspecified atom stereocenters. The minimum atomic E-state index is -1.17. The Labute approximate surface area is 170 Å². The van der Waals surface area contributed by atoms with Crippen LogP contribution in [0.15, 0.2) is 0 Å². The van der Waals surface area contributed by atoms with Gasteiger partial charge in [0.15, 0.2) is 0 Å². The van der Waals surface area contributed by atoms with Crippen molar-refractivity contribution in [3.8, 4) is 0 Å². The molecule has 4 N–H and O–H groups in total. The predicted molar refractivity (Wildman–Crippen MR) is 94.3 cm³/mol. The monoisotopic (exact) mass is 353 g/mol. The summed E-state index contributed by atoms with van der Waals surface area (Å²) in [6, 6.07) is -1.06. The SMILES string of the molecule is NC(CCC(=O)O)C(=O)O.[CH2-]CCCCCCCCCCCC.[Na+]. The van der Waals surface area contributed by atoms with Crippen molar-refractivity contribution >= 4 is 11.9 Å². The number of hydrogen-bond acceptors (Lipinski definition) is 3. The van der Waals surface area contributed by atoms with Crippen LogP contribution in [0.3, 0.4) is 0 Å². The molecule has 0 spiro atoms. The van der Waals surface area contributed by atoms with Crippen LogP contribution in [0, 0.1) is 6.92 Å². The van der Waals surface area contributed by atoms with Gasteiger partial charge < -0.3 is 22.9 Å². The Balaban J connectivity index is -0.000000364. The van der Waals surface area contributed by atoms with Crippen LogP contribution < -0.4 is 35.3 Å². The summed E-state index contributed by atoms with van der Waals surface area (Å²) in [6.45, 7) is 6.13. The van der Waals surface area contributed by atoms with Crippen LogP contribution in [0.1, 0.15) is 90.4 Å². The molecule has 6 heteroatoms. The smallest absolute Gasteiger partial charge is 0.481 e. The molecule has 0 aromatic heterocycles. The number of nitrogens with two attached hydrogens (primary N) is 1. The molecule has 0 rings (SSSR count). The summed E-state index contributed by atoms with van der Waals surface area (Å²) in [6.07, 6.45) is 15.1. The second kappa shape index (κ2) is 22.9. The van der Waals surface area contributed by atoms with Crippen molar-refractivity contribution < 1.29 is 49.4 Å². The van der Waals surface area contributed by atoms with Gasteiger partial charge >= 0.3 is 41.5 Å². The molecule has 0 radical (unpaired) electrons. The molecule has 5 nitrogen and oxygen atoms in total. The molecule has 138 valence electrons. The Kier molecular flexibility index (Phi) is 27.4. The second-order valence-corrected chi connectivity index (χ2v) is 5.91. The Morgan fingerprint density at radius 2 is 1.33 bits per heavy atom. The van der Waals surface area contributed by atoms with Crippen LogP contribution in [-0.4, -0.2) is 28.2 Å². The van der Waals surface area contributed by atoms with E-state index in [2.05, 4.69) is 13.8 Å². The number of carboxylic acid groups (broad SMARTS) is 2. The molecule has 0 saturated heterocycles. The maximum absolute atomic E-state index is 9.99. The van der Waals surface area contributed by atoms with Crippen molar-refractivity contribution in [2.24, 2.45) is 5.73 Å². The fraction of sp³-hybridized carbons (Fsp3) is 0.833. The Morgan fingerprint density at radius 1 is 0.917 bits per heavy atom. The Bertz CT molecular complexity index is 278.